The number of ketones is 1. The van der Waals surface area contributed by atoms with Crippen LogP contribution >= 0.6 is 35.6 Å². The van der Waals surface area contributed by atoms with E-state index in [0.29, 0.717) is 14.1 Å². The normalized spacial score (nSPS) is 18.2. The Balaban J connectivity index is 2.48. The van der Waals surface area contributed by atoms with Crippen molar-refractivity contribution in [1.29, 1.82) is 5.41 Å². The van der Waals surface area contributed by atoms with Crippen LogP contribution in [0.2, 0.25) is 5.02 Å². The molecule has 0 bridgehead atoms. The predicted molar refractivity (Wildman–Crippen MR) is 77.1 cm³/mol. The predicted octanol–water partition coefficient (Wildman–Crippen LogP) is 3.65. The lowest BCUT2D eigenvalue weighted by molar-refractivity contribution is -0.108. The van der Waals surface area contributed by atoms with Crippen LogP contribution in [0.5, 0.6) is 0 Å². The lowest BCUT2D eigenvalue weighted by Crippen LogP contribution is -2.09. The van der Waals surface area contributed by atoms with Crippen molar-refractivity contribution in [2.45, 2.75) is 6.92 Å². The summed E-state index contributed by atoms with van der Waals surface area (Å²) in [4.78, 5) is 12.2. The minimum absolute atomic E-state index is 0.0963. The molecule has 1 fully saturated rings. The summed E-state index contributed by atoms with van der Waals surface area (Å²) in [5.41, 5.74) is 1.70. The Labute approximate surface area is 114 Å². The zero-order chi connectivity index (χ0) is 12.6. The van der Waals surface area contributed by atoms with Crippen LogP contribution in [-0.4, -0.2) is 15.7 Å². The smallest absolute Gasteiger partial charge is 0.219 e. The number of rotatable bonds is 1. The van der Waals surface area contributed by atoms with E-state index >= 15 is 0 Å². The molecule has 1 heterocycles. The largest absolute Gasteiger partial charge is 0.295 e. The second-order valence-electron chi connectivity index (χ2n) is 3.57. The van der Waals surface area contributed by atoms with Crippen LogP contribution in [0, 0.1) is 12.3 Å². The van der Waals surface area contributed by atoms with Crippen molar-refractivity contribution in [1.82, 2.24) is 0 Å². The first-order chi connectivity index (χ1) is 8.00. The van der Waals surface area contributed by atoms with Crippen molar-refractivity contribution in [3.8, 4) is 0 Å². The highest BCUT2D eigenvalue weighted by atomic mass is 35.5. The summed E-state index contributed by atoms with van der Waals surface area (Å²) < 4.78 is 0.325. The third-order valence-corrected chi connectivity index (χ3v) is 4.10. The van der Waals surface area contributed by atoms with Gasteiger partial charge in [0.05, 0.1) is 4.91 Å². The van der Waals surface area contributed by atoms with Crippen molar-refractivity contribution in [3.63, 3.8) is 0 Å². The van der Waals surface area contributed by atoms with Gasteiger partial charge in [-0.3, -0.25) is 10.2 Å². The minimum atomic E-state index is -0.320. The maximum Gasteiger partial charge on any atom is 0.219 e. The zero-order valence-corrected chi connectivity index (χ0v) is 11.3. The monoisotopic (exact) mass is 281 g/mol. The molecule has 0 aromatic heterocycles. The third-order valence-electron chi connectivity index (χ3n) is 2.40. The molecule has 1 aromatic carbocycles. The van der Waals surface area contributed by atoms with E-state index in [-0.39, 0.29) is 11.5 Å². The molecule has 1 N–H and O–H groups in total. The van der Waals surface area contributed by atoms with Crippen LogP contribution in [0.15, 0.2) is 23.1 Å². The summed E-state index contributed by atoms with van der Waals surface area (Å²) >= 11 is 12.2. The fourth-order valence-electron chi connectivity index (χ4n) is 1.47. The quantitative estimate of drug-likeness (QED) is 0.631. The Bertz CT molecular complexity index is 558. The van der Waals surface area contributed by atoms with Gasteiger partial charge in [0.15, 0.2) is 0 Å². The van der Waals surface area contributed by atoms with Gasteiger partial charge in [-0.25, -0.2) is 0 Å². The van der Waals surface area contributed by atoms with E-state index in [1.54, 1.807) is 12.1 Å². The molecule has 1 aliphatic rings. The van der Waals surface area contributed by atoms with Gasteiger partial charge in [-0.15, -0.1) is 0 Å². The number of aryl methyl sites for hydroxylation is 1. The zero-order valence-electron chi connectivity index (χ0n) is 8.91. The van der Waals surface area contributed by atoms with E-state index in [2.05, 4.69) is 0 Å². The van der Waals surface area contributed by atoms with Crippen molar-refractivity contribution in [3.05, 3.63) is 39.3 Å². The van der Waals surface area contributed by atoms with Crippen LogP contribution in [0.1, 0.15) is 11.1 Å². The van der Waals surface area contributed by atoms with Crippen molar-refractivity contribution >= 4 is 57.3 Å². The van der Waals surface area contributed by atoms with E-state index in [1.165, 1.54) is 0 Å². The van der Waals surface area contributed by atoms with Crippen LogP contribution in [0.25, 0.3) is 6.08 Å². The fourth-order valence-corrected chi connectivity index (χ4v) is 2.87. The molecule has 0 saturated carbocycles. The number of nitrogens with one attached hydrogen (secondary N) is 1. The van der Waals surface area contributed by atoms with E-state index < -0.39 is 0 Å². The second kappa shape index (κ2) is 4.72. The first kappa shape index (κ1) is 12.5. The maximum absolute atomic E-state index is 11.7. The molecule has 0 atom stereocenters. The molecule has 2 nitrogen and oxygen atoms in total. The van der Waals surface area contributed by atoms with Gasteiger partial charge in [0.25, 0.3) is 0 Å². The molecule has 1 saturated heterocycles. The van der Waals surface area contributed by atoms with Gasteiger partial charge in [-0.2, -0.15) is 0 Å². The first-order valence-electron chi connectivity index (χ1n) is 4.83. The Morgan fingerprint density at radius 2 is 2.18 bits per heavy atom. The molecular weight excluding hydrogens is 274 g/mol. The molecule has 1 aliphatic heterocycles. The summed E-state index contributed by atoms with van der Waals surface area (Å²) in [5, 5.41) is 8.07. The van der Waals surface area contributed by atoms with Gasteiger partial charge < -0.3 is 0 Å². The van der Waals surface area contributed by atoms with Crippen LogP contribution < -0.4 is 0 Å². The molecule has 2 rings (SSSR count). The Morgan fingerprint density at radius 1 is 1.47 bits per heavy atom. The number of carbonyl (C=O) groups is 1. The van der Waals surface area contributed by atoms with E-state index in [4.69, 9.17) is 29.2 Å². The average molecular weight is 282 g/mol. The first-order valence-corrected chi connectivity index (χ1v) is 6.43. The Kier molecular flexibility index (Phi) is 3.47. The Hall–Kier alpha value is -0.970. The Morgan fingerprint density at radius 3 is 2.71 bits per heavy atom. The second-order valence-corrected chi connectivity index (χ2v) is 5.70. The molecule has 0 radical (unpaired) electrons. The summed E-state index contributed by atoms with van der Waals surface area (Å²) in [7, 11) is 0. The number of halogens is 1. The maximum atomic E-state index is 11.7. The molecule has 86 valence electrons. The summed E-state index contributed by atoms with van der Waals surface area (Å²) in [6, 6.07) is 5.55. The number of carbonyl (C=O) groups excluding carboxylic acids is 1. The van der Waals surface area contributed by atoms with Gasteiger partial charge in [0.2, 0.25) is 5.78 Å². The highest BCUT2D eigenvalue weighted by Gasteiger charge is 2.29. The number of thioether (sulfide) groups is 1. The van der Waals surface area contributed by atoms with E-state index in [1.807, 2.05) is 19.1 Å². The van der Waals surface area contributed by atoms with Gasteiger partial charge in [0, 0.05) is 5.02 Å². The van der Waals surface area contributed by atoms with E-state index in [9.17, 15) is 4.79 Å². The molecule has 0 aliphatic carbocycles. The standard InChI is InChI=1S/C12H8ClNOS2/c1-6-3-2-4-8(13)7(6)5-9-11(15)10(14)12(16)17-9/h2-5,14H,1H3/b9-5+,14-10?. The molecule has 17 heavy (non-hydrogen) atoms. The highest BCUT2D eigenvalue weighted by Crippen LogP contribution is 2.32. The van der Waals surface area contributed by atoms with Gasteiger partial charge >= 0.3 is 0 Å². The van der Waals surface area contributed by atoms with Crippen molar-refractivity contribution in [2.75, 3.05) is 0 Å². The van der Waals surface area contributed by atoms with Crippen molar-refractivity contribution < 1.29 is 4.79 Å². The number of hydrogen-bond donors (Lipinski definition) is 1. The summed E-state index contributed by atoms with van der Waals surface area (Å²) in [6.45, 7) is 1.92. The molecule has 1 aromatic rings. The SMILES string of the molecule is Cc1cccc(Cl)c1/C=C1/SC(=S)C(=N)C1=O. The van der Waals surface area contributed by atoms with E-state index in [0.717, 1.165) is 22.9 Å². The lowest BCUT2D eigenvalue weighted by Gasteiger charge is -2.03. The summed E-state index contributed by atoms with van der Waals surface area (Å²) in [6.07, 6.45) is 1.71. The third kappa shape index (κ3) is 2.34. The van der Waals surface area contributed by atoms with Gasteiger partial charge in [-0.1, -0.05) is 47.7 Å². The summed E-state index contributed by atoms with van der Waals surface area (Å²) in [5.74, 6) is -0.320. The molecule has 0 amide bonds. The van der Waals surface area contributed by atoms with Crippen molar-refractivity contribution in [2.24, 2.45) is 0 Å². The number of thiocarbonyl (C=S) groups is 1. The molecular formula is C12H8ClNOS2. The van der Waals surface area contributed by atoms with Gasteiger partial charge in [0.1, 0.15) is 9.91 Å². The van der Waals surface area contributed by atoms with Crippen LogP contribution in [0.3, 0.4) is 0 Å². The van der Waals surface area contributed by atoms with Crippen LogP contribution in [-0.2, 0) is 4.79 Å². The topological polar surface area (TPSA) is 40.9 Å². The highest BCUT2D eigenvalue weighted by molar-refractivity contribution is 8.30. The van der Waals surface area contributed by atoms with Crippen LogP contribution in [0.4, 0.5) is 0 Å². The number of benzene rings is 1. The number of Topliss-reactive ketones (excluding diaryl/α,β-unsaturated/α-hetero) is 1. The average Bonchev–Trinajstić information content (AvgIpc) is 2.52. The molecule has 5 heteroatoms. The minimum Gasteiger partial charge on any atom is -0.295 e. The fraction of sp³-hybridized carbons (Fsp3) is 0.0833. The lowest BCUT2D eigenvalue weighted by atomic mass is 10.1. The number of allylic oxidation sites excluding steroid dienone is 1. The number of hydrogen-bond acceptors (Lipinski definition) is 4. The van der Waals surface area contributed by atoms with Gasteiger partial charge in [-0.05, 0) is 30.2 Å². The molecule has 0 spiro atoms. The molecule has 0 unspecified atom stereocenters.